The van der Waals surface area contributed by atoms with Crippen molar-refractivity contribution in [2.24, 2.45) is 0 Å². The van der Waals surface area contributed by atoms with E-state index in [2.05, 4.69) is 20.3 Å². The van der Waals surface area contributed by atoms with Gasteiger partial charge in [0.05, 0.1) is 17.5 Å². The van der Waals surface area contributed by atoms with Crippen molar-refractivity contribution < 1.29 is 0 Å². The summed E-state index contributed by atoms with van der Waals surface area (Å²) < 4.78 is 0. The molecule has 2 aromatic heterocycles. The maximum Gasteiger partial charge on any atom is 0.125 e. The highest BCUT2D eigenvalue weighted by Crippen LogP contribution is 2.27. The number of H-pyrrole nitrogens is 1. The number of nitrogens with two attached hydrogens (primary N) is 1. The number of hydrogen-bond acceptors (Lipinski definition) is 4. The highest BCUT2D eigenvalue weighted by Gasteiger charge is 2.21. The summed E-state index contributed by atoms with van der Waals surface area (Å²) in [5.74, 6) is 1.01. The molecule has 15 heavy (non-hydrogen) atoms. The van der Waals surface area contributed by atoms with Gasteiger partial charge < -0.3 is 16.0 Å². The van der Waals surface area contributed by atoms with Gasteiger partial charge in [0.1, 0.15) is 11.3 Å². The maximum absolute atomic E-state index is 5.77. The predicted octanol–water partition coefficient (Wildman–Crippen LogP) is 0.617. The molecule has 5 heteroatoms. The van der Waals surface area contributed by atoms with Crippen molar-refractivity contribution in [3.63, 3.8) is 0 Å². The number of aromatic amines is 1. The van der Waals surface area contributed by atoms with Gasteiger partial charge in [0, 0.05) is 18.5 Å². The van der Waals surface area contributed by atoms with Gasteiger partial charge in [-0.2, -0.15) is 0 Å². The summed E-state index contributed by atoms with van der Waals surface area (Å²) in [4.78, 5) is 11.8. The molecule has 1 saturated heterocycles. The minimum atomic E-state index is 0.444. The minimum absolute atomic E-state index is 0.444. The average molecular weight is 203 g/mol. The molecule has 0 aromatic carbocycles. The molecule has 3 heterocycles. The zero-order valence-corrected chi connectivity index (χ0v) is 8.33. The lowest BCUT2D eigenvalue weighted by atomic mass is 10.0. The Kier molecular flexibility index (Phi) is 1.85. The topological polar surface area (TPSA) is 79.6 Å². The second-order valence-electron chi connectivity index (χ2n) is 3.92. The van der Waals surface area contributed by atoms with Crippen molar-refractivity contribution in [1.29, 1.82) is 0 Å². The number of rotatable bonds is 1. The fourth-order valence-corrected chi connectivity index (χ4v) is 2.16. The fourth-order valence-electron chi connectivity index (χ4n) is 2.16. The standard InChI is InChI=1S/C10H13N5/c11-8-3-7-10(14-5-13-7)9(15-8)6-1-2-12-4-6/h3,5-6,12H,1-2,4H2,(H2,11,15)(H,13,14). The Morgan fingerprint density at radius 1 is 1.47 bits per heavy atom. The minimum Gasteiger partial charge on any atom is -0.384 e. The van der Waals surface area contributed by atoms with Gasteiger partial charge in [-0.05, 0) is 13.0 Å². The van der Waals surface area contributed by atoms with Gasteiger partial charge in [0.25, 0.3) is 0 Å². The van der Waals surface area contributed by atoms with Gasteiger partial charge in [0.2, 0.25) is 0 Å². The molecule has 0 spiro atoms. The van der Waals surface area contributed by atoms with E-state index >= 15 is 0 Å². The molecule has 0 bridgehead atoms. The van der Waals surface area contributed by atoms with Crippen LogP contribution in [0.1, 0.15) is 18.0 Å². The first-order valence-corrected chi connectivity index (χ1v) is 5.15. The van der Waals surface area contributed by atoms with Crippen LogP contribution in [0.5, 0.6) is 0 Å². The molecule has 1 atom stereocenters. The largest absolute Gasteiger partial charge is 0.384 e. The molecule has 1 fully saturated rings. The summed E-state index contributed by atoms with van der Waals surface area (Å²) in [6.45, 7) is 2.02. The fraction of sp³-hybridized carbons (Fsp3) is 0.400. The average Bonchev–Trinajstić information content (AvgIpc) is 2.86. The number of aromatic nitrogens is 3. The van der Waals surface area contributed by atoms with E-state index in [-0.39, 0.29) is 0 Å². The first-order valence-electron chi connectivity index (χ1n) is 5.15. The van der Waals surface area contributed by atoms with Crippen LogP contribution in [-0.2, 0) is 0 Å². The predicted molar refractivity (Wildman–Crippen MR) is 58.5 cm³/mol. The maximum atomic E-state index is 5.77. The Morgan fingerprint density at radius 2 is 2.40 bits per heavy atom. The van der Waals surface area contributed by atoms with E-state index < -0.39 is 0 Å². The first-order chi connectivity index (χ1) is 7.34. The smallest absolute Gasteiger partial charge is 0.125 e. The van der Waals surface area contributed by atoms with E-state index in [1.807, 2.05) is 6.07 Å². The van der Waals surface area contributed by atoms with E-state index in [0.29, 0.717) is 11.7 Å². The van der Waals surface area contributed by atoms with Crippen LogP contribution in [0.3, 0.4) is 0 Å². The van der Waals surface area contributed by atoms with Gasteiger partial charge in [-0.25, -0.2) is 9.97 Å². The molecule has 0 saturated carbocycles. The van der Waals surface area contributed by atoms with Crippen LogP contribution in [-0.4, -0.2) is 28.0 Å². The Balaban J connectivity index is 2.18. The summed E-state index contributed by atoms with van der Waals surface area (Å²) in [6.07, 6.45) is 2.80. The van der Waals surface area contributed by atoms with Crippen LogP contribution in [0.15, 0.2) is 12.4 Å². The van der Waals surface area contributed by atoms with Crippen molar-refractivity contribution in [3.8, 4) is 0 Å². The number of anilines is 1. The highest BCUT2D eigenvalue weighted by atomic mass is 15.0. The number of hydrogen-bond donors (Lipinski definition) is 3. The van der Waals surface area contributed by atoms with Crippen LogP contribution in [0, 0.1) is 0 Å². The molecule has 3 rings (SSSR count). The lowest BCUT2D eigenvalue weighted by Crippen LogP contribution is -2.10. The van der Waals surface area contributed by atoms with E-state index in [1.54, 1.807) is 6.33 Å². The third-order valence-electron chi connectivity index (χ3n) is 2.90. The molecule has 5 nitrogen and oxygen atoms in total. The summed E-state index contributed by atoms with van der Waals surface area (Å²) in [6, 6.07) is 1.83. The number of pyridine rings is 1. The van der Waals surface area contributed by atoms with Crippen molar-refractivity contribution in [2.75, 3.05) is 18.8 Å². The Hall–Kier alpha value is -1.62. The number of nitrogens with one attached hydrogen (secondary N) is 2. The monoisotopic (exact) mass is 203 g/mol. The quantitative estimate of drug-likeness (QED) is 0.634. The molecule has 1 unspecified atom stereocenters. The molecule has 0 aliphatic carbocycles. The normalized spacial score (nSPS) is 21.2. The Labute approximate surface area is 87.1 Å². The van der Waals surface area contributed by atoms with E-state index in [9.17, 15) is 0 Å². The lowest BCUT2D eigenvalue weighted by molar-refractivity contribution is 0.743. The Morgan fingerprint density at radius 3 is 3.20 bits per heavy atom. The van der Waals surface area contributed by atoms with Crippen molar-refractivity contribution in [2.45, 2.75) is 12.3 Å². The van der Waals surface area contributed by atoms with Crippen LogP contribution in [0.2, 0.25) is 0 Å². The molecule has 0 radical (unpaired) electrons. The van der Waals surface area contributed by atoms with Gasteiger partial charge in [-0.15, -0.1) is 0 Å². The van der Waals surface area contributed by atoms with Crippen LogP contribution >= 0.6 is 0 Å². The molecular formula is C10H13N5. The van der Waals surface area contributed by atoms with Gasteiger partial charge in [-0.3, -0.25) is 0 Å². The van der Waals surface area contributed by atoms with Crippen LogP contribution < -0.4 is 11.1 Å². The van der Waals surface area contributed by atoms with Crippen molar-refractivity contribution in [1.82, 2.24) is 20.3 Å². The van der Waals surface area contributed by atoms with Crippen molar-refractivity contribution >= 4 is 16.9 Å². The third kappa shape index (κ3) is 1.35. The second-order valence-corrected chi connectivity index (χ2v) is 3.92. The zero-order valence-electron chi connectivity index (χ0n) is 8.33. The van der Waals surface area contributed by atoms with Gasteiger partial charge >= 0.3 is 0 Å². The molecule has 78 valence electrons. The van der Waals surface area contributed by atoms with E-state index in [0.717, 1.165) is 36.2 Å². The van der Waals surface area contributed by atoms with Crippen LogP contribution in [0.25, 0.3) is 11.0 Å². The summed E-state index contributed by atoms with van der Waals surface area (Å²) in [5, 5.41) is 3.33. The Bertz CT molecular complexity index is 484. The van der Waals surface area contributed by atoms with Crippen LogP contribution in [0.4, 0.5) is 5.82 Å². The second kappa shape index (κ2) is 3.20. The first kappa shape index (κ1) is 8.67. The summed E-state index contributed by atoms with van der Waals surface area (Å²) in [5.41, 5.74) is 8.73. The molecule has 0 amide bonds. The van der Waals surface area contributed by atoms with E-state index in [4.69, 9.17) is 5.73 Å². The number of imidazole rings is 1. The molecule has 2 aromatic rings. The molecular weight excluding hydrogens is 190 g/mol. The summed E-state index contributed by atoms with van der Waals surface area (Å²) >= 11 is 0. The lowest BCUT2D eigenvalue weighted by Gasteiger charge is -2.08. The SMILES string of the molecule is Nc1cc2[nH]cnc2c(C2CCNC2)n1. The van der Waals surface area contributed by atoms with Crippen molar-refractivity contribution in [3.05, 3.63) is 18.1 Å². The number of nitrogen functional groups attached to an aromatic ring is 1. The van der Waals surface area contributed by atoms with Gasteiger partial charge in [-0.1, -0.05) is 0 Å². The molecule has 1 aliphatic heterocycles. The number of nitrogens with zero attached hydrogens (tertiary/aromatic N) is 2. The highest BCUT2D eigenvalue weighted by molar-refractivity contribution is 5.79. The van der Waals surface area contributed by atoms with E-state index in [1.165, 1.54) is 0 Å². The zero-order chi connectivity index (χ0) is 10.3. The molecule has 1 aliphatic rings. The third-order valence-corrected chi connectivity index (χ3v) is 2.90. The molecule has 4 N–H and O–H groups in total. The number of fused-ring (bicyclic) bond motifs is 1. The summed E-state index contributed by atoms with van der Waals surface area (Å²) in [7, 11) is 0. The van der Waals surface area contributed by atoms with Gasteiger partial charge in [0.15, 0.2) is 0 Å².